The standard InChI is InChI=1S/C22H20O3/c1-16(25-20-15-9-8-14-19(20)22(23)24)21(17-10-4-2-5-11-17)18-12-6-3-7-13-18/h2-16,21H,1H3,(H,23,24). The van der Waals surface area contributed by atoms with Crippen molar-refractivity contribution in [1.29, 1.82) is 0 Å². The highest BCUT2D eigenvalue weighted by Crippen LogP contribution is 2.31. The molecule has 0 saturated heterocycles. The molecule has 126 valence electrons. The molecule has 3 nitrogen and oxygen atoms in total. The number of carbonyl (C=O) groups is 1. The molecule has 0 spiro atoms. The normalized spacial score (nSPS) is 11.9. The summed E-state index contributed by atoms with van der Waals surface area (Å²) in [5.41, 5.74) is 2.44. The van der Waals surface area contributed by atoms with E-state index in [9.17, 15) is 9.90 Å². The van der Waals surface area contributed by atoms with Crippen LogP contribution >= 0.6 is 0 Å². The van der Waals surface area contributed by atoms with Gasteiger partial charge < -0.3 is 9.84 Å². The summed E-state index contributed by atoms with van der Waals surface area (Å²) < 4.78 is 6.10. The number of aromatic carboxylic acids is 1. The molecule has 0 amide bonds. The topological polar surface area (TPSA) is 46.5 Å². The lowest BCUT2D eigenvalue weighted by molar-refractivity contribution is 0.0689. The first-order valence-corrected chi connectivity index (χ1v) is 8.25. The molecule has 0 aliphatic heterocycles. The van der Waals surface area contributed by atoms with Crippen LogP contribution in [0.3, 0.4) is 0 Å². The minimum atomic E-state index is -0.987. The van der Waals surface area contributed by atoms with E-state index in [0.29, 0.717) is 5.75 Å². The summed E-state index contributed by atoms with van der Waals surface area (Å²) in [6, 6.07) is 27.0. The number of hydrogen-bond donors (Lipinski definition) is 1. The molecule has 1 atom stereocenters. The van der Waals surface area contributed by atoms with Crippen molar-refractivity contribution in [1.82, 2.24) is 0 Å². The Balaban J connectivity index is 1.96. The molecule has 1 unspecified atom stereocenters. The van der Waals surface area contributed by atoms with Crippen LogP contribution < -0.4 is 4.74 Å². The number of carboxylic acids is 1. The highest BCUT2D eigenvalue weighted by atomic mass is 16.5. The Hall–Kier alpha value is -3.07. The average molecular weight is 332 g/mol. The molecule has 25 heavy (non-hydrogen) atoms. The monoisotopic (exact) mass is 332 g/mol. The lowest BCUT2D eigenvalue weighted by Crippen LogP contribution is -2.24. The molecular weight excluding hydrogens is 312 g/mol. The zero-order chi connectivity index (χ0) is 17.6. The summed E-state index contributed by atoms with van der Waals surface area (Å²) in [6.45, 7) is 1.98. The predicted octanol–water partition coefficient (Wildman–Crippen LogP) is 4.98. The summed E-state index contributed by atoms with van der Waals surface area (Å²) in [4.78, 5) is 11.4. The molecule has 0 fully saturated rings. The molecule has 0 heterocycles. The van der Waals surface area contributed by atoms with Gasteiger partial charge in [0.15, 0.2) is 0 Å². The molecule has 3 aromatic carbocycles. The summed E-state index contributed by atoms with van der Waals surface area (Å²) in [6.07, 6.45) is -0.231. The van der Waals surface area contributed by atoms with Gasteiger partial charge in [0, 0.05) is 5.92 Å². The van der Waals surface area contributed by atoms with E-state index in [1.807, 2.05) is 43.3 Å². The van der Waals surface area contributed by atoms with Crippen LogP contribution in [0.15, 0.2) is 84.9 Å². The van der Waals surface area contributed by atoms with Gasteiger partial charge in [-0.3, -0.25) is 0 Å². The minimum absolute atomic E-state index is 0.00394. The van der Waals surface area contributed by atoms with Gasteiger partial charge in [0.1, 0.15) is 17.4 Å². The van der Waals surface area contributed by atoms with Crippen LogP contribution in [0, 0.1) is 0 Å². The molecule has 0 saturated carbocycles. The Morgan fingerprint density at radius 2 is 1.28 bits per heavy atom. The van der Waals surface area contributed by atoms with Crippen molar-refractivity contribution >= 4 is 5.97 Å². The predicted molar refractivity (Wildman–Crippen MR) is 98.2 cm³/mol. The molecular formula is C22H20O3. The fourth-order valence-corrected chi connectivity index (χ4v) is 3.07. The SMILES string of the molecule is CC(Oc1ccccc1C(=O)O)C(c1ccccc1)c1ccccc1. The quantitative estimate of drug-likeness (QED) is 0.692. The van der Waals surface area contributed by atoms with E-state index < -0.39 is 5.97 Å². The third-order valence-corrected chi connectivity index (χ3v) is 4.22. The fraction of sp³-hybridized carbons (Fsp3) is 0.136. The molecule has 3 rings (SSSR count). The number of ether oxygens (including phenoxy) is 1. The van der Waals surface area contributed by atoms with Gasteiger partial charge in [-0.1, -0.05) is 72.8 Å². The van der Waals surface area contributed by atoms with E-state index in [-0.39, 0.29) is 17.6 Å². The maximum absolute atomic E-state index is 11.4. The van der Waals surface area contributed by atoms with E-state index in [4.69, 9.17) is 4.74 Å². The van der Waals surface area contributed by atoms with Gasteiger partial charge in [-0.2, -0.15) is 0 Å². The van der Waals surface area contributed by atoms with Crippen molar-refractivity contribution in [3.05, 3.63) is 102 Å². The van der Waals surface area contributed by atoms with Crippen LogP contribution in [0.1, 0.15) is 34.3 Å². The van der Waals surface area contributed by atoms with Gasteiger partial charge in [-0.05, 0) is 30.2 Å². The van der Waals surface area contributed by atoms with Crippen molar-refractivity contribution < 1.29 is 14.6 Å². The maximum Gasteiger partial charge on any atom is 0.339 e. The van der Waals surface area contributed by atoms with Crippen molar-refractivity contribution in [2.24, 2.45) is 0 Å². The van der Waals surface area contributed by atoms with Gasteiger partial charge in [-0.15, -0.1) is 0 Å². The van der Waals surface area contributed by atoms with E-state index in [2.05, 4.69) is 24.3 Å². The van der Waals surface area contributed by atoms with Crippen LogP contribution in [-0.4, -0.2) is 17.2 Å². The maximum atomic E-state index is 11.4. The van der Waals surface area contributed by atoms with Crippen molar-refractivity contribution in [3.63, 3.8) is 0 Å². The Labute approximate surface area is 147 Å². The summed E-state index contributed by atoms with van der Waals surface area (Å²) >= 11 is 0. The Morgan fingerprint density at radius 1 is 0.800 bits per heavy atom. The number of hydrogen-bond acceptors (Lipinski definition) is 2. The first-order valence-electron chi connectivity index (χ1n) is 8.25. The smallest absolute Gasteiger partial charge is 0.339 e. The Bertz CT molecular complexity index is 789. The van der Waals surface area contributed by atoms with E-state index in [0.717, 1.165) is 11.1 Å². The first kappa shape index (κ1) is 16.8. The number of benzene rings is 3. The summed E-state index contributed by atoms with van der Waals surface area (Å²) in [5, 5.41) is 9.37. The van der Waals surface area contributed by atoms with Crippen LogP contribution in [-0.2, 0) is 0 Å². The fourth-order valence-electron chi connectivity index (χ4n) is 3.07. The highest BCUT2D eigenvalue weighted by molar-refractivity contribution is 5.90. The van der Waals surface area contributed by atoms with Crippen LogP contribution in [0.5, 0.6) is 5.75 Å². The van der Waals surface area contributed by atoms with Crippen molar-refractivity contribution in [3.8, 4) is 5.75 Å². The Kier molecular flexibility index (Phi) is 5.14. The number of carboxylic acid groups (broad SMARTS) is 1. The average Bonchev–Trinajstić information content (AvgIpc) is 2.64. The van der Waals surface area contributed by atoms with E-state index in [1.54, 1.807) is 24.3 Å². The van der Waals surface area contributed by atoms with Gasteiger partial charge in [0.05, 0.1) is 0 Å². The van der Waals surface area contributed by atoms with Crippen LogP contribution in [0.2, 0.25) is 0 Å². The zero-order valence-corrected chi connectivity index (χ0v) is 14.0. The second-order valence-corrected chi connectivity index (χ2v) is 5.92. The van der Waals surface area contributed by atoms with Crippen LogP contribution in [0.25, 0.3) is 0 Å². The number of para-hydroxylation sites is 1. The first-order chi connectivity index (χ1) is 12.2. The van der Waals surface area contributed by atoms with Gasteiger partial charge in [-0.25, -0.2) is 4.79 Å². The molecule has 0 aliphatic rings. The lowest BCUT2D eigenvalue weighted by atomic mass is 9.87. The van der Waals surface area contributed by atoms with Crippen molar-refractivity contribution in [2.75, 3.05) is 0 Å². The van der Waals surface area contributed by atoms with Crippen molar-refractivity contribution in [2.45, 2.75) is 18.9 Å². The summed E-state index contributed by atoms with van der Waals surface area (Å²) in [7, 11) is 0. The third kappa shape index (κ3) is 3.89. The Morgan fingerprint density at radius 3 is 1.80 bits per heavy atom. The van der Waals surface area contributed by atoms with Gasteiger partial charge in [0.2, 0.25) is 0 Å². The van der Waals surface area contributed by atoms with E-state index in [1.165, 1.54) is 0 Å². The third-order valence-electron chi connectivity index (χ3n) is 4.22. The van der Waals surface area contributed by atoms with Gasteiger partial charge in [0.25, 0.3) is 0 Å². The second-order valence-electron chi connectivity index (χ2n) is 5.92. The van der Waals surface area contributed by atoms with E-state index >= 15 is 0 Å². The molecule has 1 N–H and O–H groups in total. The van der Waals surface area contributed by atoms with Crippen LogP contribution in [0.4, 0.5) is 0 Å². The lowest BCUT2D eigenvalue weighted by Gasteiger charge is -2.26. The molecule has 3 aromatic rings. The summed E-state index contributed by atoms with van der Waals surface area (Å²) in [5.74, 6) is -0.595. The highest BCUT2D eigenvalue weighted by Gasteiger charge is 2.24. The molecule has 3 heteroatoms. The largest absolute Gasteiger partial charge is 0.489 e. The molecule has 0 aliphatic carbocycles. The zero-order valence-electron chi connectivity index (χ0n) is 14.0. The molecule has 0 aromatic heterocycles. The van der Waals surface area contributed by atoms with Gasteiger partial charge >= 0.3 is 5.97 Å². The number of rotatable bonds is 6. The molecule has 0 bridgehead atoms. The molecule has 0 radical (unpaired) electrons. The minimum Gasteiger partial charge on any atom is -0.489 e. The second kappa shape index (κ2) is 7.67.